The lowest BCUT2D eigenvalue weighted by Gasteiger charge is -2.23. The third-order valence-corrected chi connectivity index (χ3v) is 7.84. The third kappa shape index (κ3) is 3.79. The van der Waals surface area contributed by atoms with Crippen LogP contribution in [0.2, 0.25) is 0 Å². The van der Waals surface area contributed by atoms with Crippen LogP contribution in [0.4, 0.5) is 30.2 Å². The summed E-state index contributed by atoms with van der Waals surface area (Å²) in [5.74, 6) is -3.48. The van der Waals surface area contributed by atoms with Gasteiger partial charge in [-0.25, -0.2) is 21.6 Å². The van der Waals surface area contributed by atoms with Crippen molar-refractivity contribution in [1.82, 2.24) is 0 Å². The summed E-state index contributed by atoms with van der Waals surface area (Å²) in [6.07, 6.45) is 4.55. The molecule has 4 rings (SSSR count). The average molecular weight is 536 g/mol. The Labute approximate surface area is 179 Å². The molecule has 1 spiro atoms. The van der Waals surface area contributed by atoms with Crippen LogP contribution >= 0.6 is 22.6 Å². The van der Waals surface area contributed by atoms with Crippen LogP contribution in [-0.4, -0.2) is 19.8 Å². The van der Waals surface area contributed by atoms with Gasteiger partial charge in [0.25, 0.3) is 0 Å². The van der Waals surface area contributed by atoms with E-state index in [9.17, 15) is 21.6 Å². The molecule has 1 saturated carbocycles. The van der Waals surface area contributed by atoms with Crippen molar-refractivity contribution in [3.8, 4) is 5.75 Å². The van der Waals surface area contributed by atoms with Crippen molar-refractivity contribution in [3.05, 3.63) is 57.4 Å². The van der Waals surface area contributed by atoms with E-state index in [1.165, 1.54) is 12.1 Å². The van der Waals surface area contributed by atoms with E-state index >= 15 is 0 Å². The largest absolute Gasteiger partial charge is 0.487 e. The molecule has 29 heavy (non-hydrogen) atoms. The molecule has 0 bridgehead atoms. The lowest BCUT2D eigenvalue weighted by molar-refractivity contribution is 0.360. The van der Waals surface area contributed by atoms with Gasteiger partial charge in [0, 0.05) is 9.64 Å². The van der Waals surface area contributed by atoms with Crippen molar-refractivity contribution in [2.75, 3.05) is 16.6 Å². The number of allylic oxidation sites excluding steroid dienone is 1. The first-order valence-electron chi connectivity index (χ1n) is 8.77. The molecule has 10 heteroatoms. The molecule has 0 unspecified atom stereocenters. The number of hydrogen-bond acceptors (Lipinski definition) is 4. The Morgan fingerprint density at radius 1 is 1.10 bits per heavy atom. The molecular weight excluding hydrogens is 520 g/mol. The van der Waals surface area contributed by atoms with Crippen molar-refractivity contribution in [2.24, 2.45) is 0 Å². The number of ether oxygens (including phenoxy) is 1. The quantitative estimate of drug-likeness (QED) is 0.416. The van der Waals surface area contributed by atoms with Gasteiger partial charge in [-0.15, -0.1) is 0 Å². The molecule has 2 N–H and O–H groups in total. The van der Waals surface area contributed by atoms with Gasteiger partial charge in [0.2, 0.25) is 10.0 Å². The van der Waals surface area contributed by atoms with Gasteiger partial charge in [0.05, 0.1) is 10.4 Å². The lowest BCUT2D eigenvalue weighted by Crippen LogP contribution is -2.30. The fourth-order valence-electron chi connectivity index (χ4n) is 3.13. The van der Waals surface area contributed by atoms with E-state index in [4.69, 9.17) is 4.74 Å². The van der Waals surface area contributed by atoms with Gasteiger partial charge in [-0.05, 0) is 60.1 Å². The van der Waals surface area contributed by atoms with Crippen LogP contribution in [0.5, 0.6) is 5.75 Å². The summed E-state index contributed by atoms with van der Waals surface area (Å²) in [5.41, 5.74) is -0.957. The maximum Gasteiger partial charge on any atom is 0.238 e. The SMILES string of the molecule is O=S1(=O)Nc2c(cc(F)c(F)c2Nc2ccc(I)cc2F)OC/C=C/CC12CC2. The summed E-state index contributed by atoms with van der Waals surface area (Å²) in [4.78, 5) is 0. The zero-order valence-electron chi connectivity index (χ0n) is 14.9. The summed E-state index contributed by atoms with van der Waals surface area (Å²) >= 11 is 1.91. The molecular formula is C19H16F3IN2O3S. The third-order valence-electron chi connectivity index (χ3n) is 4.98. The first-order chi connectivity index (χ1) is 13.7. The Balaban J connectivity index is 1.86. The summed E-state index contributed by atoms with van der Waals surface area (Å²) in [7, 11) is -3.93. The zero-order chi connectivity index (χ0) is 20.8. The van der Waals surface area contributed by atoms with Gasteiger partial charge in [-0.3, -0.25) is 4.72 Å². The molecule has 0 radical (unpaired) electrons. The number of benzene rings is 2. The highest BCUT2D eigenvalue weighted by atomic mass is 127. The maximum absolute atomic E-state index is 14.7. The van der Waals surface area contributed by atoms with Gasteiger partial charge < -0.3 is 10.1 Å². The second kappa shape index (κ2) is 7.38. The van der Waals surface area contributed by atoms with Gasteiger partial charge >= 0.3 is 0 Å². The molecule has 1 aliphatic heterocycles. The summed E-state index contributed by atoms with van der Waals surface area (Å²) in [6.45, 7) is 0.0488. The lowest BCUT2D eigenvalue weighted by atomic mass is 10.2. The van der Waals surface area contributed by atoms with Gasteiger partial charge in [-0.1, -0.05) is 12.2 Å². The maximum atomic E-state index is 14.7. The average Bonchev–Trinajstić information content (AvgIpc) is 3.44. The van der Waals surface area contributed by atoms with Crippen LogP contribution in [-0.2, 0) is 10.0 Å². The van der Waals surface area contributed by atoms with E-state index in [1.54, 1.807) is 18.2 Å². The Morgan fingerprint density at radius 2 is 1.86 bits per heavy atom. The highest BCUT2D eigenvalue weighted by Crippen LogP contribution is 2.49. The number of sulfonamides is 1. The number of hydrogen-bond donors (Lipinski definition) is 2. The van der Waals surface area contributed by atoms with Crippen LogP contribution in [0.1, 0.15) is 19.3 Å². The van der Waals surface area contributed by atoms with E-state index in [1.807, 2.05) is 22.6 Å². The van der Waals surface area contributed by atoms with Crippen molar-refractivity contribution < 1.29 is 26.3 Å². The van der Waals surface area contributed by atoms with Crippen LogP contribution in [0.15, 0.2) is 36.4 Å². The molecule has 2 aromatic carbocycles. The number of rotatable bonds is 2. The summed E-state index contributed by atoms with van der Waals surface area (Å²) in [6, 6.07) is 4.92. The first kappa shape index (κ1) is 20.3. The smallest absolute Gasteiger partial charge is 0.238 e. The van der Waals surface area contributed by atoms with Crippen LogP contribution in [0.25, 0.3) is 0 Å². The Morgan fingerprint density at radius 3 is 2.55 bits per heavy atom. The molecule has 0 saturated heterocycles. The second-order valence-corrected chi connectivity index (χ2v) is 10.3. The number of nitrogens with one attached hydrogen (secondary N) is 2. The topological polar surface area (TPSA) is 67.4 Å². The summed E-state index contributed by atoms with van der Waals surface area (Å²) in [5, 5.41) is 2.49. The molecule has 2 aliphatic rings. The second-order valence-electron chi connectivity index (χ2n) is 6.94. The van der Waals surface area contributed by atoms with Gasteiger partial charge in [0.1, 0.15) is 29.5 Å². The normalized spacial score (nSPS) is 20.1. The van der Waals surface area contributed by atoms with E-state index in [0.717, 1.165) is 6.07 Å². The number of halogens is 4. The van der Waals surface area contributed by atoms with Crippen LogP contribution in [0, 0.1) is 21.0 Å². The molecule has 0 atom stereocenters. The first-order valence-corrected chi connectivity index (χ1v) is 11.3. The highest BCUT2D eigenvalue weighted by Gasteiger charge is 2.54. The van der Waals surface area contributed by atoms with Crippen molar-refractivity contribution >= 4 is 49.7 Å². The van der Waals surface area contributed by atoms with Gasteiger partial charge in [-0.2, -0.15) is 0 Å². The highest BCUT2D eigenvalue weighted by molar-refractivity contribution is 14.1. The molecule has 1 fully saturated rings. The van der Waals surface area contributed by atoms with Crippen molar-refractivity contribution in [2.45, 2.75) is 24.0 Å². The molecule has 1 heterocycles. The molecule has 2 aromatic rings. The number of fused-ring (bicyclic) bond motifs is 1. The minimum absolute atomic E-state index is 0.0488. The van der Waals surface area contributed by atoms with E-state index in [-0.39, 0.29) is 23.7 Å². The number of anilines is 3. The van der Waals surface area contributed by atoms with Crippen molar-refractivity contribution in [3.63, 3.8) is 0 Å². The molecule has 5 nitrogen and oxygen atoms in total. The Kier molecular flexibility index (Phi) is 5.18. The van der Waals surface area contributed by atoms with Crippen LogP contribution < -0.4 is 14.8 Å². The summed E-state index contributed by atoms with van der Waals surface area (Å²) < 4.78 is 76.6. The standard InChI is InChI=1S/C19H16F3IN2O3S/c20-12-9-11(23)3-4-14(12)24-18-16(22)13(21)10-15-17(18)25-29(26,27)19(6-7-19)5-1-2-8-28-15/h1-4,9-10,24-25H,5-8H2/b2-1+. The minimum atomic E-state index is -3.93. The zero-order valence-corrected chi connectivity index (χ0v) is 17.9. The van der Waals surface area contributed by atoms with E-state index in [0.29, 0.717) is 22.8 Å². The predicted molar refractivity (Wildman–Crippen MR) is 113 cm³/mol. The minimum Gasteiger partial charge on any atom is -0.487 e. The van der Waals surface area contributed by atoms with Crippen molar-refractivity contribution in [1.29, 1.82) is 0 Å². The Bertz CT molecular complexity index is 1120. The fraction of sp³-hybridized carbons (Fsp3) is 0.263. The van der Waals surface area contributed by atoms with E-state index in [2.05, 4.69) is 10.0 Å². The Hall–Kier alpha value is -1.95. The molecule has 1 aliphatic carbocycles. The van der Waals surface area contributed by atoms with Gasteiger partial charge in [0.15, 0.2) is 11.6 Å². The monoisotopic (exact) mass is 536 g/mol. The molecule has 154 valence electrons. The fourth-order valence-corrected chi connectivity index (χ4v) is 5.23. The van der Waals surface area contributed by atoms with Crippen LogP contribution in [0.3, 0.4) is 0 Å². The van der Waals surface area contributed by atoms with E-state index < -0.39 is 37.9 Å². The molecule has 0 amide bonds. The molecule has 0 aromatic heterocycles. The predicted octanol–water partition coefficient (Wildman–Crippen LogP) is 5.07.